The third kappa shape index (κ3) is 3.48. The zero-order valence-electron chi connectivity index (χ0n) is 12.9. The van der Waals surface area contributed by atoms with Crippen molar-refractivity contribution in [2.45, 2.75) is 12.9 Å². The van der Waals surface area contributed by atoms with Gasteiger partial charge in [0.1, 0.15) is 11.1 Å². The number of hydrogen-bond donors (Lipinski definition) is 0. The van der Waals surface area contributed by atoms with Crippen LogP contribution in [0.3, 0.4) is 0 Å². The van der Waals surface area contributed by atoms with E-state index in [0.29, 0.717) is 0 Å². The number of para-hydroxylation sites is 1. The molecule has 0 atom stereocenters. The molecule has 134 valence electrons. The molecule has 3 rings (SSSR count). The topological polar surface area (TPSA) is 87.3 Å². The maximum Gasteiger partial charge on any atom is 0.573 e. The van der Waals surface area contributed by atoms with Crippen molar-refractivity contribution < 1.29 is 22.8 Å². The van der Waals surface area contributed by atoms with Gasteiger partial charge < -0.3 is 4.74 Å². The van der Waals surface area contributed by atoms with Crippen LogP contribution in [0.15, 0.2) is 53.6 Å². The summed E-state index contributed by atoms with van der Waals surface area (Å²) >= 11 is 0. The summed E-state index contributed by atoms with van der Waals surface area (Å²) < 4.78 is 42.5. The molecule has 0 unspecified atom stereocenters. The van der Waals surface area contributed by atoms with Gasteiger partial charge in [0.25, 0.3) is 11.2 Å². The number of fused-ring (bicyclic) bond motifs is 1. The molecule has 0 aliphatic heterocycles. The van der Waals surface area contributed by atoms with Crippen LogP contribution in [0.4, 0.5) is 18.9 Å². The van der Waals surface area contributed by atoms with Gasteiger partial charge in [-0.25, -0.2) is 4.98 Å². The molecule has 1 aromatic heterocycles. The van der Waals surface area contributed by atoms with Crippen LogP contribution >= 0.6 is 0 Å². The molecule has 0 fully saturated rings. The Morgan fingerprint density at radius 2 is 1.88 bits per heavy atom. The number of ether oxygens (including phenoxy) is 1. The molecular formula is C16H10F3N3O4. The van der Waals surface area contributed by atoms with Gasteiger partial charge in [-0.15, -0.1) is 13.2 Å². The van der Waals surface area contributed by atoms with E-state index < -0.39 is 28.3 Å². The highest BCUT2D eigenvalue weighted by Crippen LogP contribution is 2.27. The fourth-order valence-corrected chi connectivity index (χ4v) is 2.49. The lowest BCUT2D eigenvalue weighted by Gasteiger charge is -2.14. The lowest BCUT2D eigenvalue weighted by Crippen LogP contribution is -2.23. The number of non-ortho nitro benzene ring substituents is 1. The quantitative estimate of drug-likeness (QED) is 0.523. The summed E-state index contributed by atoms with van der Waals surface area (Å²) in [7, 11) is 0. The highest BCUT2D eigenvalue weighted by molar-refractivity contribution is 5.86. The largest absolute Gasteiger partial charge is 0.573 e. The fourth-order valence-electron chi connectivity index (χ4n) is 2.49. The molecule has 0 N–H and O–H groups in total. The molecule has 7 nitrogen and oxygen atoms in total. The summed E-state index contributed by atoms with van der Waals surface area (Å²) in [6, 6.07) is 9.31. The van der Waals surface area contributed by atoms with Crippen LogP contribution in [-0.2, 0) is 6.54 Å². The zero-order valence-corrected chi connectivity index (χ0v) is 12.9. The number of hydrogen-bond acceptors (Lipinski definition) is 5. The van der Waals surface area contributed by atoms with E-state index in [1.807, 2.05) is 0 Å². The van der Waals surface area contributed by atoms with Crippen molar-refractivity contribution in [1.29, 1.82) is 0 Å². The van der Waals surface area contributed by atoms with E-state index in [1.54, 1.807) is 0 Å². The van der Waals surface area contributed by atoms with Gasteiger partial charge in [0.05, 0.1) is 23.3 Å². The Bertz CT molecular complexity index is 1050. The Morgan fingerprint density at radius 1 is 1.15 bits per heavy atom. The summed E-state index contributed by atoms with van der Waals surface area (Å²) in [5, 5.41) is 10.9. The minimum Gasteiger partial charge on any atom is -0.405 e. The van der Waals surface area contributed by atoms with Crippen molar-refractivity contribution in [1.82, 2.24) is 9.55 Å². The number of benzene rings is 2. The van der Waals surface area contributed by atoms with Crippen LogP contribution in [0.2, 0.25) is 0 Å². The summed E-state index contributed by atoms with van der Waals surface area (Å²) in [6.07, 6.45) is -3.76. The Hall–Kier alpha value is -3.43. The van der Waals surface area contributed by atoms with Crippen molar-refractivity contribution >= 4 is 16.6 Å². The molecule has 1 heterocycles. The SMILES string of the molecule is O=c1c2c([N+](=O)[O-])cccc2ncn1Cc1ccccc1OC(F)(F)F. The molecule has 2 aromatic carbocycles. The first-order valence-corrected chi connectivity index (χ1v) is 7.22. The van der Waals surface area contributed by atoms with Crippen LogP contribution in [-0.4, -0.2) is 20.8 Å². The van der Waals surface area contributed by atoms with Crippen molar-refractivity contribution in [2.24, 2.45) is 0 Å². The molecule has 0 aliphatic carbocycles. The number of nitro groups is 1. The van der Waals surface area contributed by atoms with Gasteiger partial charge in [0.2, 0.25) is 0 Å². The van der Waals surface area contributed by atoms with Crippen LogP contribution in [0.5, 0.6) is 5.75 Å². The Kier molecular flexibility index (Phi) is 4.33. The maximum absolute atomic E-state index is 12.6. The second kappa shape index (κ2) is 6.47. The summed E-state index contributed by atoms with van der Waals surface area (Å²) in [5.74, 6) is -0.463. The number of nitro benzene ring substituents is 1. The van der Waals surface area contributed by atoms with Crippen molar-refractivity contribution in [2.75, 3.05) is 0 Å². The molecule has 3 aromatic rings. The van der Waals surface area contributed by atoms with E-state index in [0.717, 1.165) is 23.0 Å². The average molecular weight is 365 g/mol. The predicted molar refractivity (Wildman–Crippen MR) is 84.9 cm³/mol. The zero-order chi connectivity index (χ0) is 18.9. The van der Waals surface area contributed by atoms with Crippen LogP contribution in [0.1, 0.15) is 5.56 Å². The smallest absolute Gasteiger partial charge is 0.405 e. The monoisotopic (exact) mass is 365 g/mol. The Morgan fingerprint density at radius 3 is 2.58 bits per heavy atom. The van der Waals surface area contributed by atoms with Crippen molar-refractivity contribution in [3.05, 3.63) is 74.8 Å². The third-order valence-electron chi connectivity index (χ3n) is 3.57. The van der Waals surface area contributed by atoms with Gasteiger partial charge in [-0.05, 0) is 12.1 Å². The van der Waals surface area contributed by atoms with Gasteiger partial charge in [0, 0.05) is 11.6 Å². The molecular weight excluding hydrogens is 355 g/mol. The lowest BCUT2D eigenvalue weighted by atomic mass is 10.2. The third-order valence-corrected chi connectivity index (χ3v) is 3.57. The molecule has 26 heavy (non-hydrogen) atoms. The first-order chi connectivity index (χ1) is 12.3. The number of alkyl halides is 3. The second-order valence-corrected chi connectivity index (χ2v) is 5.26. The highest BCUT2D eigenvalue weighted by atomic mass is 19.4. The summed E-state index contributed by atoms with van der Waals surface area (Å²) in [4.78, 5) is 27.0. The van der Waals surface area contributed by atoms with Crippen LogP contribution in [0, 0.1) is 10.1 Å². The molecule has 10 heteroatoms. The minimum absolute atomic E-state index is 0.0756. The molecule has 0 saturated heterocycles. The van der Waals surface area contributed by atoms with E-state index in [4.69, 9.17) is 0 Å². The van der Waals surface area contributed by atoms with E-state index in [1.165, 1.54) is 30.3 Å². The first-order valence-electron chi connectivity index (χ1n) is 7.22. The standard InChI is InChI=1S/C16H10F3N3O4/c17-16(18,19)26-13-7-2-1-4-10(13)8-21-9-20-11-5-3-6-12(22(24)25)14(11)15(21)23/h1-7,9H,8H2. The maximum atomic E-state index is 12.6. The van der Waals surface area contributed by atoms with Crippen LogP contribution in [0.25, 0.3) is 10.9 Å². The van der Waals surface area contributed by atoms with E-state index in [2.05, 4.69) is 9.72 Å². The molecule has 0 radical (unpaired) electrons. The van der Waals surface area contributed by atoms with Crippen molar-refractivity contribution in [3.63, 3.8) is 0 Å². The van der Waals surface area contributed by atoms with Gasteiger partial charge >= 0.3 is 6.36 Å². The number of nitrogens with zero attached hydrogens (tertiary/aromatic N) is 3. The fraction of sp³-hybridized carbons (Fsp3) is 0.125. The van der Waals surface area contributed by atoms with Crippen LogP contribution < -0.4 is 10.3 Å². The Balaban J connectivity index is 2.09. The second-order valence-electron chi connectivity index (χ2n) is 5.26. The van der Waals surface area contributed by atoms with E-state index >= 15 is 0 Å². The number of rotatable bonds is 4. The molecule has 0 spiro atoms. The first kappa shape index (κ1) is 17.4. The van der Waals surface area contributed by atoms with Gasteiger partial charge in [0.15, 0.2) is 0 Å². The average Bonchev–Trinajstić information content (AvgIpc) is 2.57. The van der Waals surface area contributed by atoms with E-state index in [-0.39, 0.29) is 23.0 Å². The predicted octanol–water partition coefficient (Wildman–Crippen LogP) is 3.25. The molecule has 0 aliphatic rings. The highest BCUT2D eigenvalue weighted by Gasteiger charge is 2.32. The Labute approximate surface area is 143 Å². The minimum atomic E-state index is -4.89. The van der Waals surface area contributed by atoms with Crippen molar-refractivity contribution in [3.8, 4) is 5.75 Å². The normalized spacial score (nSPS) is 11.5. The van der Waals surface area contributed by atoms with Gasteiger partial charge in [-0.3, -0.25) is 19.5 Å². The number of aromatic nitrogens is 2. The summed E-state index contributed by atoms with van der Waals surface area (Å²) in [5.41, 5.74) is -0.953. The number of halogens is 3. The van der Waals surface area contributed by atoms with E-state index in [9.17, 15) is 28.1 Å². The van der Waals surface area contributed by atoms with Gasteiger partial charge in [-0.2, -0.15) is 0 Å². The van der Waals surface area contributed by atoms with Gasteiger partial charge in [-0.1, -0.05) is 24.3 Å². The molecule has 0 saturated carbocycles. The summed E-state index contributed by atoms with van der Waals surface area (Å²) in [6.45, 7) is -0.292. The lowest BCUT2D eigenvalue weighted by molar-refractivity contribution is -0.383. The molecule has 0 amide bonds. The molecule has 0 bridgehead atoms.